The van der Waals surface area contributed by atoms with Gasteiger partial charge in [0, 0.05) is 22.2 Å². The van der Waals surface area contributed by atoms with Gasteiger partial charge in [0.2, 0.25) is 5.91 Å². The number of carbonyl (C=O) groups excluding carboxylic acids is 1. The Balaban J connectivity index is 2.24. The quantitative estimate of drug-likeness (QED) is 0.840. The molecule has 2 rings (SSSR count). The molecule has 0 saturated heterocycles. The van der Waals surface area contributed by atoms with E-state index in [4.69, 9.17) is 0 Å². The minimum Gasteiger partial charge on any atom is -0.325 e. The van der Waals surface area contributed by atoms with E-state index >= 15 is 0 Å². The number of para-hydroxylation sites is 1. The van der Waals surface area contributed by atoms with Crippen molar-refractivity contribution < 1.29 is 4.79 Å². The van der Waals surface area contributed by atoms with E-state index in [0.717, 1.165) is 28.3 Å². The lowest BCUT2D eigenvalue weighted by molar-refractivity contribution is -0.123. The number of hydrogen-bond acceptors (Lipinski definition) is 4. The maximum atomic E-state index is 12.2. The second kappa shape index (κ2) is 7.13. The molecule has 0 saturated carbocycles. The van der Waals surface area contributed by atoms with Gasteiger partial charge in [0.25, 0.3) is 0 Å². The Morgan fingerprint density at radius 2 is 1.96 bits per heavy atom. The highest BCUT2D eigenvalue weighted by molar-refractivity contribution is 7.99. The van der Waals surface area contributed by atoms with Crippen molar-refractivity contribution in [2.45, 2.75) is 51.1 Å². The predicted octanol–water partition coefficient (Wildman–Crippen LogP) is 4.48. The van der Waals surface area contributed by atoms with Gasteiger partial charge < -0.3 is 5.32 Å². The summed E-state index contributed by atoms with van der Waals surface area (Å²) in [5.74, 6) is -0.0102. The zero-order chi connectivity index (χ0) is 17.0. The van der Waals surface area contributed by atoms with Crippen LogP contribution in [0.3, 0.4) is 0 Å². The molecule has 0 aliphatic carbocycles. The summed E-state index contributed by atoms with van der Waals surface area (Å²) in [6.07, 6.45) is 2.80. The molecule has 0 aliphatic rings. The highest BCUT2D eigenvalue weighted by atomic mass is 32.2. The fourth-order valence-corrected chi connectivity index (χ4v) is 2.79. The molecule has 0 radical (unpaired) electrons. The molecule has 0 spiro atoms. The van der Waals surface area contributed by atoms with Gasteiger partial charge in [-0.25, -0.2) is 9.97 Å². The third kappa shape index (κ3) is 4.55. The van der Waals surface area contributed by atoms with Crippen molar-refractivity contribution in [3.05, 3.63) is 41.7 Å². The number of aromatic nitrogens is 2. The minimum atomic E-state index is -0.437. The first-order valence-corrected chi connectivity index (χ1v) is 8.53. The molecular weight excluding hydrogens is 306 g/mol. The Kier molecular flexibility index (Phi) is 5.42. The Bertz CT molecular complexity index is 708. The molecular formula is C18H23N3OS. The number of nitrogens with zero attached hydrogens (tertiary/aromatic N) is 2. The maximum Gasteiger partial charge on any atom is 0.229 e. The van der Waals surface area contributed by atoms with E-state index in [2.05, 4.69) is 22.2 Å². The molecule has 1 amide bonds. The van der Waals surface area contributed by atoms with Crippen LogP contribution in [0.15, 0.2) is 40.5 Å². The fraction of sp³-hybridized carbons (Fsp3) is 0.389. The van der Waals surface area contributed by atoms with E-state index in [9.17, 15) is 4.79 Å². The van der Waals surface area contributed by atoms with Gasteiger partial charge in [0.15, 0.2) is 5.16 Å². The molecule has 1 aromatic carbocycles. The van der Waals surface area contributed by atoms with Gasteiger partial charge >= 0.3 is 0 Å². The average Bonchev–Trinajstić information content (AvgIpc) is 2.48. The van der Waals surface area contributed by atoms with Crippen molar-refractivity contribution in [2.24, 2.45) is 5.41 Å². The molecule has 0 fully saturated rings. The first-order valence-electron chi connectivity index (χ1n) is 7.72. The van der Waals surface area contributed by atoms with Crippen LogP contribution in [0.25, 0.3) is 0 Å². The van der Waals surface area contributed by atoms with Crippen molar-refractivity contribution in [1.29, 1.82) is 0 Å². The average molecular weight is 329 g/mol. The topological polar surface area (TPSA) is 54.9 Å². The molecule has 122 valence electrons. The van der Waals surface area contributed by atoms with Gasteiger partial charge in [-0.05, 0) is 42.8 Å². The van der Waals surface area contributed by atoms with Crippen LogP contribution >= 0.6 is 11.8 Å². The second-order valence-corrected chi connectivity index (χ2v) is 7.43. The molecule has 23 heavy (non-hydrogen) atoms. The highest BCUT2D eigenvalue weighted by Gasteiger charge is 2.22. The third-order valence-electron chi connectivity index (χ3n) is 3.46. The summed E-state index contributed by atoms with van der Waals surface area (Å²) in [6.45, 7) is 9.78. The highest BCUT2D eigenvalue weighted by Crippen LogP contribution is 2.32. The molecule has 0 aliphatic heterocycles. The van der Waals surface area contributed by atoms with E-state index in [1.165, 1.54) is 11.8 Å². The molecule has 1 N–H and O–H groups in total. The van der Waals surface area contributed by atoms with E-state index in [1.54, 1.807) is 0 Å². The van der Waals surface area contributed by atoms with Crippen LogP contribution < -0.4 is 5.32 Å². The Labute approximate surface area is 142 Å². The van der Waals surface area contributed by atoms with E-state index in [0.29, 0.717) is 5.16 Å². The summed E-state index contributed by atoms with van der Waals surface area (Å²) in [4.78, 5) is 22.1. The van der Waals surface area contributed by atoms with Crippen molar-refractivity contribution in [3.8, 4) is 0 Å². The van der Waals surface area contributed by atoms with Gasteiger partial charge in [-0.3, -0.25) is 4.79 Å². The van der Waals surface area contributed by atoms with Crippen LogP contribution in [0.5, 0.6) is 0 Å². The van der Waals surface area contributed by atoms with E-state index in [1.807, 2.05) is 58.2 Å². The SMILES string of the molecule is CCc1cnc(Sc2ccccc2NC(=O)C(C)(C)C)nc1C. The maximum absolute atomic E-state index is 12.2. The lowest BCUT2D eigenvalue weighted by Crippen LogP contribution is -2.27. The van der Waals surface area contributed by atoms with Gasteiger partial charge in [-0.1, -0.05) is 39.8 Å². The first-order chi connectivity index (χ1) is 10.8. The van der Waals surface area contributed by atoms with Crippen molar-refractivity contribution in [3.63, 3.8) is 0 Å². The Morgan fingerprint density at radius 1 is 1.26 bits per heavy atom. The van der Waals surface area contributed by atoms with Crippen molar-refractivity contribution in [1.82, 2.24) is 9.97 Å². The summed E-state index contributed by atoms with van der Waals surface area (Å²) < 4.78 is 0. The van der Waals surface area contributed by atoms with Crippen molar-refractivity contribution >= 4 is 23.4 Å². The van der Waals surface area contributed by atoms with Crippen LogP contribution in [0, 0.1) is 12.3 Å². The summed E-state index contributed by atoms with van der Waals surface area (Å²) in [5, 5.41) is 3.68. The third-order valence-corrected chi connectivity index (χ3v) is 4.41. The lowest BCUT2D eigenvalue weighted by atomic mass is 9.95. The number of carbonyl (C=O) groups is 1. The molecule has 2 aromatic rings. The largest absolute Gasteiger partial charge is 0.325 e. The number of amides is 1. The number of aryl methyl sites for hydroxylation is 2. The van der Waals surface area contributed by atoms with E-state index in [-0.39, 0.29) is 5.91 Å². The second-order valence-electron chi connectivity index (χ2n) is 6.42. The Morgan fingerprint density at radius 3 is 2.57 bits per heavy atom. The fourth-order valence-electron chi connectivity index (χ4n) is 1.93. The smallest absolute Gasteiger partial charge is 0.229 e. The van der Waals surface area contributed by atoms with Gasteiger partial charge in [-0.15, -0.1) is 0 Å². The van der Waals surface area contributed by atoms with Crippen LogP contribution in [-0.4, -0.2) is 15.9 Å². The number of anilines is 1. The zero-order valence-electron chi connectivity index (χ0n) is 14.3. The number of rotatable bonds is 4. The standard InChI is InChI=1S/C18H23N3OS/c1-6-13-11-19-17(20-12(13)2)23-15-10-8-7-9-14(15)21-16(22)18(3,4)5/h7-11H,6H2,1-5H3,(H,21,22). The van der Waals surface area contributed by atoms with Gasteiger partial charge in [0.05, 0.1) is 5.69 Å². The zero-order valence-corrected chi connectivity index (χ0v) is 15.1. The lowest BCUT2D eigenvalue weighted by Gasteiger charge is -2.19. The summed E-state index contributed by atoms with van der Waals surface area (Å²) in [5.41, 5.74) is 2.51. The molecule has 0 atom stereocenters. The monoisotopic (exact) mass is 329 g/mol. The predicted molar refractivity (Wildman–Crippen MR) is 94.8 cm³/mol. The van der Waals surface area contributed by atoms with Gasteiger partial charge in [-0.2, -0.15) is 0 Å². The summed E-state index contributed by atoms with van der Waals surface area (Å²) in [6, 6.07) is 7.73. The Hall–Kier alpha value is -1.88. The normalized spacial score (nSPS) is 11.3. The van der Waals surface area contributed by atoms with Gasteiger partial charge in [0.1, 0.15) is 0 Å². The number of nitrogens with one attached hydrogen (secondary N) is 1. The molecule has 1 heterocycles. The molecule has 4 nitrogen and oxygen atoms in total. The van der Waals surface area contributed by atoms with Crippen LogP contribution in [0.2, 0.25) is 0 Å². The molecule has 5 heteroatoms. The van der Waals surface area contributed by atoms with E-state index < -0.39 is 5.41 Å². The number of hydrogen-bond donors (Lipinski definition) is 1. The number of benzene rings is 1. The van der Waals surface area contributed by atoms with Crippen LogP contribution in [0.4, 0.5) is 5.69 Å². The first kappa shape index (κ1) is 17.5. The minimum absolute atomic E-state index is 0.0102. The van der Waals surface area contributed by atoms with Crippen LogP contribution in [-0.2, 0) is 11.2 Å². The van der Waals surface area contributed by atoms with Crippen LogP contribution in [0.1, 0.15) is 39.0 Å². The summed E-state index contributed by atoms with van der Waals surface area (Å²) in [7, 11) is 0. The molecule has 0 unspecified atom stereocenters. The summed E-state index contributed by atoms with van der Waals surface area (Å²) >= 11 is 1.46. The molecule has 0 bridgehead atoms. The molecule has 1 aromatic heterocycles. The van der Waals surface area contributed by atoms with Crippen molar-refractivity contribution in [2.75, 3.05) is 5.32 Å².